The first kappa shape index (κ1) is 47.1. The fraction of sp³-hybridized carbons (Fsp3) is 0.756. The summed E-state index contributed by atoms with van der Waals surface area (Å²) in [6.45, 7) is 5.19. The normalized spacial score (nSPS) is 13.0. The monoisotopic (exact) mass is 685 g/mol. The molecule has 0 radical (unpaired) electrons. The summed E-state index contributed by atoms with van der Waals surface area (Å²) < 4.78 is 11.1. The quantitative estimate of drug-likeness (QED) is 0.0399. The number of unbranched alkanes of at least 4 members (excludes halogenated alkanes) is 20. The summed E-state index contributed by atoms with van der Waals surface area (Å²) in [4.78, 5) is 12.2. The topological polar surface area (TPSA) is 55.8 Å². The molecule has 0 aliphatic carbocycles. The fourth-order valence-electron chi connectivity index (χ4n) is 5.72. The Bertz CT molecular complexity index is 809. The second-order valence-corrected chi connectivity index (χ2v) is 13.7. The van der Waals surface area contributed by atoms with Crippen molar-refractivity contribution in [3.05, 3.63) is 60.8 Å². The van der Waals surface area contributed by atoms with E-state index in [0.29, 0.717) is 13.0 Å². The number of allylic oxidation sites excluding steroid dienone is 10. The summed E-state index contributed by atoms with van der Waals surface area (Å²) in [5.41, 5.74) is 0. The van der Waals surface area contributed by atoms with E-state index in [1.165, 1.54) is 116 Å². The third-order valence-electron chi connectivity index (χ3n) is 8.83. The Hall–Kier alpha value is -1.91. The SMILES string of the molecule is CC/C=C\C/C=C\C/C=C\C/C=C\CCCCCCCOCC(CO)OC(=O)CCCCCCCCCCC/C=C\CCCCCCCC. The van der Waals surface area contributed by atoms with E-state index in [2.05, 4.69) is 74.6 Å². The zero-order valence-electron chi connectivity index (χ0n) is 32.4. The van der Waals surface area contributed by atoms with Gasteiger partial charge in [-0.15, -0.1) is 0 Å². The van der Waals surface area contributed by atoms with E-state index in [0.717, 1.165) is 57.8 Å². The third-order valence-corrected chi connectivity index (χ3v) is 8.83. The second-order valence-electron chi connectivity index (χ2n) is 13.7. The highest BCUT2D eigenvalue weighted by Crippen LogP contribution is 2.13. The Morgan fingerprint density at radius 3 is 1.41 bits per heavy atom. The molecule has 49 heavy (non-hydrogen) atoms. The van der Waals surface area contributed by atoms with Crippen molar-refractivity contribution in [3.63, 3.8) is 0 Å². The van der Waals surface area contributed by atoms with Crippen LogP contribution in [0.2, 0.25) is 0 Å². The molecule has 0 aromatic carbocycles. The van der Waals surface area contributed by atoms with Crippen molar-refractivity contribution in [3.8, 4) is 0 Å². The van der Waals surface area contributed by atoms with Crippen LogP contribution in [0.4, 0.5) is 0 Å². The molecule has 0 bridgehead atoms. The predicted molar refractivity (Wildman–Crippen MR) is 214 cm³/mol. The first-order valence-corrected chi connectivity index (χ1v) is 20.9. The van der Waals surface area contributed by atoms with Gasteiger partial charge in [0.15, 0.2) is 0 Å². The molecule has 0 spiro atoms. The number of aliphatic hydroxyl groups excluding tert-OH is 1. The van der Waals surface area contributed by atoms with Crippen molar-refractivity contribution in [1.29, 1.82) is 0 Å². The zero-order chi connectivity index (χ0) is 35.6. The molecule has 0 aliphatic rings. The van der Waals surface area contributed by atoms with Gasteiger partial charge in [-0.25, -0.2) is 0 Å². The maximum absolute atomic E-state index is 12.2. The van der Waals surface area contributed by atoms with E-state index in [4.69, 9.17) is 9.47 Å². The van der Waals surface area contributed by atoms with Crippen LogP contribution in [-0.2, 0) is 14.3 Å². The predicted octanol–water partition coefficient (Wildman–Crippen LogP) is 13.7. The van der Waals surface area contributed by atoms with Gasteiger partial charge in [0.1, 0.15) is 6.10 Å². The van der Waals surface area contributed by atoms with Gasteiger partial charge in [0.2, 0.25) is 0 Å². The number of rotatable bonds is 38. The van der Waals surface area contributed by atoms with Crippen molar-refractivity contribution < 1.29 is 19.4 Å². The Morgan fingerprint density at radius 1 is 0.510 bits per heavy atom. The standard InChI is InChI=1S/C45H80O4/c1-3-5-7-9-11-13-15-17-19-21-23-24-26-28-30-32-34-36-38-40-45(47)49-44(42-46)43-48-41-39-37-35-33-31-29-27-25-22-20-18-16-14-12-10-8-6-4-2/h6,8,12,14,17-20,25,27,44,46H,3-5,7,9-11,13,15-16,21-24,26,28-43H2,1-2H3/b8-6-,14-12-,19-17-,20-18-,27-25-. The maximum Gasteiger partial charge on any atom is 0.306 e. The molecule has 4 heteroatoms. The van der Waals surface area contributed by atoms with Gasteiger partial charge in [0.25, 0.3) is 0 Å². The van der Waals surface area contributed by atoms with Crippen LogP contribution in [0, 0.1) is 0 Å². The van der Waals surface area contributed by atoms with E-state index in [1.54, 1.807) is 0 Å². The van der Waals surface area contributed by atoms with E-state index in [1.807, 2.05) is 0 Å². The zero-order valence-corrected chi connectivity index (χ0v) is 32.4. The molecule has 0 aliphatic heterocycles. The number of ether oxygens (including phenoxy) is 2. The molecule has 0 amide bonds. The number of carbonyl (C=O) groups excluding carboxylic acids is 1. The van der Waals surface area contributed by atoms with Gasteiger partial charge >= 0.3 is 5.97 Å². The van der Waals surface area contributed by atoms with Crippen molar-refractivity contribution >= 4 is 5.97 Å². The molecule has 0 rings (SSSR count). The highest BCUT2D eigenvalue weighted by atomic mass is 16.6. The average Bonchev–Trinajstić information content (AvgIpc) is 3.11. The van der Waals surface area contributed by atoms with Crippen LogP contribution in [0.25, 0.3) is 0 Å². The third kappa shape index (κ3) is 40.4. The fourth-order valence-corrected chi connectivity index (χ4v) is 5.72. The second kappa shape index (κ2) is 42.3. The molecule has 0 aromatic heterocycles. The van der Waals surface area contributed by atoms with Crippen molar-refractivity contribution in [2.24, 2.45) is 0 Å². The van der Waals surface area contributed by atoms with Gasteiger partial charge in [-0.2, -0.15) is 0 Å². The van der Waals surface area contributed by atoms with Gasteiger partial charge in [-0.05, 0) is 77.0 Å². The number of carbonyl (C=O) groups is 1. The number of aliphatic hydroxyl groups is 1. The Balaban J connectivity index is 3.48. The summed E-state index contributed by atoms with van der Waals surface area (Å²) >= 11 is 0. The van der Waals surface area contributed by atoms with Gasteiger partial charge in [-0.1, -0.05) is 171 Å². The van der Waals surface area contributed by atoms with Gasteiger partial charge < -0.3 is 14.6 Å². The van der Waals surface area contributed by atoms with E-state index in [9.17, 15) is 9.90 Å². The lowest BCUT2D eigenvalue weighted by Crippen LogP contribution is -2.27. The summed E-state index contributed by atoms with van der Waals surface area (Å²) in [5.74, 6) is -0.211. The maximum atomic E-state index is 12.2. The van der Waals surface area contributed by atoms with E-state index < -0.39 is 6.10 Å². The molecule has 0 saturated carbocycles. The van der Waals surface area contributed by atoms with Crippen LogP contribution in [0.5, 0.6) is 0 Å². The Kier molecular flexibility index (Phi) is 40.6. The molecule has 1 atom stereocenters. The molecule has 1 N–H and O–H groups in total. The van der Waals surface area contributed by atoms with Crippen molar-refractivity contribution in [2.45, 2.75) is 200 Å². The van der Waals surface area contributed by atoms with Crippen LogP contribution in [-0.4, -0.2) is 37.0 Å². The molecule has 1 unspecified atom stereocenters. The minimum Gasteiger partial charge on any atom is -0.457 e. The van der Waals surface area contributed by atoms with Gasteiger partial charge in [0.05, 0.1) is 13.2 Å². The lowest BCUT2D eigenvalue weighted by Gasteiger charge is -2.15. The smallest absolute Gasteiger partial charge is 0.306 e. The highest BCUT2D eigenvalue weighted by Gasteiger charge is 2.13. The molecular formula is C45H80O4. The summed E-state index contributed by atoms with van der Waals surface area (Å²) in [6, 6.07) is 0. The van der Waals surface area contributed by atoms with Crippen LogP contribution >= 0.6 is 0 Å². The summed E-state index contributed by atoms with van der Waals surface area (Å²) in [5, 5.41) is 9.59. The minimum atomic E-state index is -0.547. The summed E-state index contributed by atoms with van der Waals surface area (Å²) in [7, 11) is 0. The van der Waals surface area contributed by atoms with Crippen LogP contribution in [0.15, 0.2) is 60.8 Å². The Labute approximate surface area is 305 Å². The highest BCUT2D eigenvalue weighted by molar-refractivity contribution is 5.69. The molecule has 284 valence electrons. The Morgan fingerprint density at radius 2 is 0.918 bits per heavy atom. The molecular weight excluding hydrogens is 604 g/mol. The van der Waals surface area contributed by atoms with Gasteiger partial charge in [-0.3, -0.25) is 4.79 Å². The first-order valence-electron chi connectivity index (χ1n) is 20.9. The first-order chi connectivity index (χ1) is 24.2. The summed E-state index contributed by atoms with van der Waals surface area (Å²) in [6.07, 6.45) is 55.6. The molecule has 4 nitrogen and oxygen atoms in total. The van der Waals surface area contributed by atoms with E-state index >= 15 is 0 Å². The van der Waals surface area contributed by atoms with Crippen molar-refractivity contribution in [2.75, 3.05) is 19.8 Å². The minimum absolute atomic E-state index is 0.182. The number of hydrogen-bond acceptors (Lipinski definition) is 4. The molecule has 0 saturated heterocycles. The number of esters is 1. The lowest BCUT2D eigenvalue weighted by atomic mass is 10.1. The molecule has 0 aromatic rings. The van der Waals surface area contributed by atoms with Crippen LogP contribution < -0.4 is 0 Å². The largest absolute Gasteiger partial charge is 0.457 e. The van der Waals surface area contributed by atoms with Crippen molar-refractivity contribution in [1.82, 2.24) is 0 Å². The number of hydrogen-bond donors (Lipinski definition) is 1. The molecule has 0 heterocycles. The van der Waals surface area contributed by atoms with Crippen LogP contribution in [0.1, 0.15) is 194 Å². The molecule has 0 fully saturated rings. The van der Waals surface area contributed by atoms with Crippen LogP contribution in [0.3, 0.4) is 0 Å². The lowest BCUT2D eigenvalue weighted by molar-refractivity contribution is -0.154. The average molecular weight is 685 g/mol. The van der Waals surface area contributed by atoms with Gasteiger partial charge in [0, 0.05) is 13.0 Å². The van der Waals surface area contributed by atoms with E-state index in [-0.39, 0.29) is 19.2 Å².